The predicted molar refractivity (Wildman–Crippen MR) is 124 cm³/mol. The lowest BCUT2D eigenvalue weighted by molar-refractivity contribution is 0.0930. The minimum Gasteiger partial charge on any atom is -0.349 e. The summed E-state index contributed by atoms with van der Waals surface area (Å²) in [6.07, 6.45) is 0. The molecule has 0 unspecified atom stereocenters. The van der Waals surface area contributed by atoms with Gasteiger partial charge < -0.3 is 5.32 Å². The van der Waals surface area contributed by atoms with Gasteiger partial charge in [-0.15, -0.1) is 0 Å². The van der Waals surface area contributed by atoms with Crippen LogP contribution >= 0.6 is 0 Å². The lowest BCUT2D eigenvalue weighted by Crippen LogP contribution is -2.36. The second-order valence-electron chi connectivity index (χ2n) is 7.86. The van der Waals surface area contributed by atoms with Crippen molar-refractivity contribution in [3.8, 4) is 0 Å². The molecule has 0 radical (unpaired) electrons. The number of hydrogen-bond donors (Lipinski definition) is 1. The highest BCUT2D eigenvalue weighted by Crippen LogP contribution is 2.25. The van der Waals surface area contributed by atoms with Crippen LogP contribution in [0.25, 0.3) is 0 Å². The molecule has 0 heterocycles. The number of benzene rings is 3. The number of para-hydroxylation sites is 1. The summed E-state index contributed by atoms with van der Waals surface area (Å²) in [4.78, 5) is 12.7. The standard InChI is InChI=1S/C25H28N2O3S/c1-19(2)20(3)26-25(28)22-16-14-21(15-17-22)18-27(23-10-6-4-7-11-23)31(29,30)24-12-8-5-9-13-24/h4-17,19-20H,18H2,1-3H3,(H,26,28)/t20-/m0/s1. The highest BCUT2D eigenvalue weighted by Gasteiger charge is 2.25. The molecule has 0 bridgehead atoms. The zero-order chi connectivity index (χ0) is 22.4. The second kappa shape index (κ2) is 9.79. The number of sulfonamides is 1. The van der Waals surface area contributed by atoms with Crippen LogP contribution in [0.4, 0.5) is 5.69 Å². The Morgan fingerprint density at radius 1 is 0.839 bits per heavy atom. The van der Waals surface area contributed by atoms with Gasteiger partial charge in [0, 0.05) is 11.6 Å². The lowest BCUT2D eigenvalue weighted by atomic mass is 10.1. The lowest BCUT2D eigenvalue weighted by Gasteiger charge is -2.25. The Kier molecular flexibility index (Phi) is 7.13. The van der Waals surface area contributed by atoms with E-state index in [1.54, 1.807) is 66.7 Å². The summed E-state index contributed by atoms with van der Waals surface area (Å²) in [5.74, 6) is 0.204. The van der Waals surface area contributed by atoms with E-state index in [-0.39, 0.29) is 23.4 Å². The number of nitrogens with one attached hydrogen (secondary N) is 1. The quantitative estimate of drug-likeness (QED) is 0.549. The van der Waals surface area contributed by atoms with Crippen molar-refractivity contribution >= 4 is 21.6 Å². The molecule has 0 aromatic heterocycles. The van der Waals surface area contributed by atoms with Crippen molar-refractivity contribution in [3.63, 3.8) is 0 Å². The Balaban J connectivity index is 1.87. The molecule has 1 amide bonds. The van der Waals surface area contributed by atoms with Gasteiger partial charge in [0.25, 0.3) is 15.9 Å². The van der Waals surface area contributed by atoms with E-state index in [9.17, 15) is 13.2 Å². The van der Waals surface area contributed by atoms with Crippen LogP contribution in [0.3, 0.4) is 0 Å². The zero-order valence-electron chi connectivity index (χ0n) is 18.0. The number of anilines is 1. The molecule has 0 aliphatic rings. The molecule has 5 nitrogen and oxygen atoms in total. The van der Waals surface area contributed by atoms with Crippen molar-refractivity contribution in [3.05, 3.63) is 96.1 Å². The van der Waals surface area contributed by atoms with Crippen LogP contribution in [0.1, 0.15) is 36.7 Å². The fourth-order valence-corrected chi connectivity index (χ4v) is 4.49. The van der Waals surface area contributed by atoms with Gasteiger partial charge in [0.1, 0.15) is 0 Å². The maximum Gasteiger partial charge on any atom is 0.264 e. The minimum atomic E-state index is -3.75. The van der Waals surface area contributed by atoms with Crippen LogP contribution < -0.4 is 9.62 Å². The SMILES string of the molecule is CC(C)[C@H](C)NC(=O)c1ccc(CN(c2ccccc2)S(=O)(=O)c2ccccc2)cc1. The smallest absolute Gasteiger partial charge is 0.264 e. The van der Waals surface area contributed by atoms with E-state index in [0.717, 1.165) is 5.56 Å². The maximum atomic E-state index is 13.4. The van der Waals surface area contributed by atoms with Crippen molar-refractivity contribution < 1.29 is 13.2 Å². The molecule has 31 heavy (non-hydrogen) atoms. The molecular formula is C25H28N2O3S. The first-order chi connectivity index (χ1) is 14.8. The van der Waals surface area contributed by atoms with E-state index in [1.807, 2.05) is 25.1 Å². The van der Waals surface area contributed by atoms with Gasteiger partial charge in [0.05, 0.1) is 17.1 Å². The average molecular weight is 437 g/mol. The number of amides is 1. The summed E-state index contributed by atoms with van der Waals surface area (Å²) in [6.45, 7) is 6.24. The van der Waals surface area contributed by atoms with E-state index < -0.39 is 10.0 Å². The zero-order valence-corrected chi connectivity index (χ0v) is 18.8. The predicted octanol–water partition coefficient (Wildman–Crippen LogP) is 4.86. The summed E-state index contributed by atoms with van der Waals surface area (Å²) in [7, 11) is -3.75. The van der Waals surface area contributed by atoms with Crippen molar-refractivity contribution in [1.82, 2.24) is 5.32 Å². The Labute approximate surface area is 184 Å². The van der Waals surface area contributed by atoms with Gasteiger partial charge in [-0.3, -0.25) is 9.10 Å². The first kappa shape index (κ1) is 22.6. The molecule has 1 N–H and O–H groups in total. The third kappa shape index (κ3) is 5.52. The molecule has 3 aromatic rings. The van der Waals surface area contributed by atoms with Gasteiger partial charge in [-0.25, -0.2) is 8.42 Å². The molecule has 0 fully saturated rings. The molecule has 0 aliphatic heterocycles. The van der Waals surface area contributed by atoms with Crippen LogP contribution in [0.2, 0.25) is 0 Å². The molecular weight excluding hydrogens is 408 g/mol. The summed E-state index contributed by atoms with van der Waals surface area (Å²) >= 11 is 0. The largest absolute Gasteiger partial charge is 0.349 e. The summed E-state index contributed by atoms with van der Waals surface area (Å²) in [5, 5.41) is 2.98. The van der Waals surface area contributed by atoms with Gasteiger partial charge in [0.15, 0.2) is 0 Å². The van der Waals surface area contributed by atoms with Crippen LogP contribution in [-0.4, -0.2) is 20.4 Å². The molecule has 0 spiro atoms. The van der Waals surface area contributed by atoms with E-state index >= 15 is 0 Å². The molecule has 3 aromatic carbocycles. The van der Waals surface area contributed by atoms with Crippen molar-refractivity contribution in [2.24, 2.45) is 5.92 Å². The van der Waals surface area contributed by atoms with Gasteiger partial charge in [-0.2, -0.15) is 0 Å². The van der Waals surface area contributed by atoms with E-state index in [4.69, 9.17) is 0 Å². The Bertz CT molecular complexity index is 1100. The highest BCUT2D eigenvalue weighted by molar-refractivity contribution is 7.92. The normalized spacial score (nSPS) is 12.4. The monoisotopic (exact) mass is 436 g/mol. The highest BCUT2D eigenvalue weighted by atomic mass is 32.2. The number of carbonyl (C=O) groups is 1. The number of rotatable bonds is 8. The molecule has 0 aliphatic carbocycles. The van der Waals surface area contributed by atoms with Gasteiger partial charge >= 0.3 is 0 Å². The fourth-order valence-electron chi connectivity index (χ4n) is 3.01. The van der Waals surface area contributed by atoms with Gasteiger partial charge in [-0.05, 0) is 54.8 Å². The first-order valence-corrected chi connectivity index (χ1v) is 11.8. The van der Waals surface area contributed by atoms with Crippen molar-refractivity contribution in [2.45, 2.75) is 38.3 Å². The van der Waals surface area contributed by atoms with Crippen LogP contribution in [-0.2, 0) is 16.6 Å². The molecule has 0 saturated carbocycles. The number of carbonyl (C=O) groups excluding carboxylic acids is 1. The summed E-state index contributed by atoms with van der Waals surface area (Å²) in [6, 6.07) is 24.5. The first-order valence-electron chi connectivity index (χ1n) is 10.3. The number of nitrogens with zero attached hydrogens (tertiary/aromatic N) is 1. The molecule has 1 atom stereocenters. The Hall–Kier alpha value is -3.12. The van der Waals surface area contributed by atoms with E-state index in [0.29, 0.717) is 17.2 Å². The minimum absolute atomic E-state index is 0.0664. The second-order valence-corrected chi connectivity index (χ2v) is 9.73. The third-order valence-electron chi connectivity index (χ3n) is 5.28. The molecule has 0 saturated heterocycles. The van der Waals surface area contributed by atoms with Crippen molar-refractivity contribution in [1.29, 1.82) is 0 Å². The van der Waals surface area contributed by atoms with Crippen molar-refractivity contribution in [2.75, 3.05) is 4.31 Å². The van der Waals surface area contributed by atoms with Crippen LogP contribution in [0.5, 0.6) is 0 Å². The molecule has 6 heteroatoms. The summed E-state index contributed by atoms with van der Waals surface area (Å²) in [5.41, 5.74) is 1.92. The topological polar surface area (TPSA) is 66.5 Å². The fraction of sp³-hybridized carbons (Fsp3) is 0.240. The average Bonchev–Trinajstić information content (AvgIpc) is 2.78. The van der Waals surface area contributed by atoms with E-state index in [1.165, 1.54) is 4.31 Å². The van der Waals surface area contributed by atoms with Gasteiger partial charge in [-0.1, -0.05) is 62.4 Å². The summed E-state index contributed by atoms with van der Waals surface area (Å²) < 4.78 is 28.1. The van der Waals surface area contributed by atoms with Gasteiger partial charge in [0.2, 0.25) is 0 Å². The maximum absolute atomic E-state index is 13.4. The molecule has 162 valence electrons. The van der Waals surface area contributed by atoms with Crippen LogP contribution in [0.15, 0.2) is 89.8 Å². The van der Waals surface area contributed by atoms with E-state index in [2.05, 4.69) is 19.2 Å². The Morgan fingerprint density at radius 2 is 1.39 bits per heavy atom. The number of hydrogen-bond acceptors (Lipinski definition) is 3. The third-order valence-corrected chi connectivity index (χ3v) is 7.06. The van der Waals surface area contributed by atoms with Crippen LogP contribution in [0, 0.1) is 5.92 Å². The molecule has 3 rings (SSSR count). The Morgan fingerprint density at radius 3 is 1.94 bits per heavy atom.